The molecule has 13 nitrogen and oxygen atoms in total. The minimum absolute atomic E-state index is 0.0300. The van der Waals surface area contributed by atoms with Crippen LogP contribution in [0.4, 0.5) is 5.95 Å². The Kier molecular flexibility index (Phi) is 9.79. The maximum atomic E-state index is 13.1. The maximum Gasteiger partial charge on any atom is 0.280 e. The monoisotopic (exact) mass is 668 g/mol. The Morgan fingerprint density at radius 2 is 1.59 bits per heavy atom. The molecule has 1 aliphatic heterocycles. The number of anilines is 1. The lowest BCUT2D eigenvalue weighted by Gasteiger charge is -2.40. The van der Waals surface area contributed by atoms with Gasteiger partial charge >= 0.3 is 0 Å². The van der Waals surface area contributed by atoms with Crippen LogP contribution in [0.2, 0.25) is 0 Å². The summed E-state index contributed by atoms with van der Waals surface area (Å²) in [6, 6.07) is 24.9. The van der Waals surface area contributed by atoms with Crippen LogP contribution in [0.1, 0.15) is 36.8 Å². The molecule has 2 aromatic heterocycles. The van der Waals surface area contributed by atoms with Gasteiger partial charge in [-0.25, -0.2) is 4.98 Å². The fraction of sp³-hybridized carbons (Fsp3) is 0.333. The number of rotatable bonds is 12. The van der Waals surface area contributed by atoms with E-state index in [1.807, 2.05) is 78.9 Å². The zero-order valence-corrected chi connectivity index (χ0v) is 27.7. The fourth-order valence-corrected chi connectivity index (χ4v) is 6.27. The molecular formula is C36H40N6O7. The van der Waals surface area contributed by atoms with Gasteiger partial charge in [0.05, 0.1) is 33.3 Å². The van der Waals surface area contributed by atoms with Gasteiger partial charge in [0.1, 0.15) is 23.2 Å². The van der Waals surface area contributed by atoms with Gasteiger partial charge in [-0.15, -0.1) is 0 Å². The van der Waals surface area contributed by atoms with E-state index in [9.17, 15) is 14.7 Å². The summed E-state index contributed by atoms with van der Waals surface area (Å²) in [5.74, 6) is 0.0364. The number of ether oxygens (including phenoxy) is 4. The Balaban J connectivity index is 1.56. The molecule has 1 saturated heterocycles. The van der Waals surface area contributed by atoms with Crippen molar-refractivity contribution >= 4 is 23.0 Å². The van der Waals surface area contributed by atoms with Gasteiger partial charge in [0.2, 0.25) is 11.9 Å². The first-order chi connectivity index (χ1) is 23.7. The highest BCUT2D eigenvalue weighted by Gasteiger charge is 2.51. The van der Waals surface area contributed by atoms with E-state index >= 15 is 0 Å². The van der Waals surface area contributed by atoms with Crippen molar-refractivity contribution in [2.24, 2.45) is 17.6 Å². The first-order valence-corrected chi connectivity index (χ1v) is 16.0. The minimum atomic E-state index is -1.26. The number of hydrogen-bond acceptors (Lipinski definition) is 10. The molecule has 13 heteroatoms. The molecule has 1 aliphatic rings. The molecule has 5 N–H and O–H groups in total. The summed E-state index contributed by atoms with van der Waals surface area (Å²) in [5.41, 5.74) is 6.98. The standard InChI is InChI=1S/C36H40N6O7/c1-21(2)32(44)40-35-39-31-29(33(45)41-35)38-20-42(31)34-30(27(19-43)28(18-37)48-34)49-36(22-8-6-5-7-9-22,23-10-14-25(46-3)15-11-23)24-12-16-26(47-4)17-13-24/h5-17,20-21,27-28,30,34,43H,18-19,37H2,1-4H3,(H2,39,40,41,44,45)/t27-,28-,30-,34-/m1/s1. The third kappa shape index (κ3) is 6.29. The molecule has 3 heterocycles. The van der Waals surface area contributed by atoms with Crippen molar-refractivity contribution in [1.82, 2.24) is 19.5 Å². The molecule has 0 aliphatic carbocycles. The number of aliphatic hydroxyl groups is 1. The Labute approximate surface area is 283 Å². The first kappa shape index (κ1) is 33.8. The highest BCUT2D eigenvalue weighted by Crippen LogP contribution is 2.47. The van der Waals surface area contributed by atoms with Crippen molar-refractivity contribution in [2.75, 3.05) is 32.7 Å². The van der Waals surface area contributed by atoms with E-state index in [2.05, 4.69) is 20.3 Å². The van der Waals surface area contributed by atoms with E-state index in [4.69, 9.17) is 24.7 Å². The van der Waals surface area contributed by atoms with Crippen molar-refractivity contribution in [2.45, 2.75) is 37.9 Å². The molecule has 0 bridgehead atoms. The summed E-state index contributed by atoms with van der Waals surface area (Å²) in [6.07, 6.45) is -0.992. The molecule has 5 aromatic rings. The molecule has 6 rings (SSSR count). The number of nitrogens with one attached hydrogen (secondary N) is 2. The van der Waals surface area contributed by atoms with Crippen LogP contribution >= 0.6 is 0 Å². The molecule has 0 spiro atoms. The smallest absolute Gasteiger partial charge is 0.280 e. The summed E-state index contributed by atoms with van der Waals surface area (Å²) in [6.45, 7) is 3.24. The number of hydrogen-bond donors (Lipinski definition) is 4. The number of carbonyl (C=O) groups is 1. The summed E-state index contributed by atoms with van der Waals surface area (Å²) < 4.78 is 26.5. The second-order valence-corrected chi connectivity index (χ2v) is 12.1. The van der Waals surface area contributed by atoms with Gasteiger partial charge in [-0.1, -0.05) is 68.4 Å². The van der Waals surface area contributed by atoms with E-state index in [-0.39, 0.29) is 42.1 Å². The predicted molar refractivity (Wildman–Crippen MR) is 182 cm³/mol. The van der Waals surface area contributed by atoms with Crippen LogP contribution in [0.25, 0.3) is 11.2 Å². The molecular weight excluding hydrogens is 628 g/mol. The van der Waals surface area contributed by atoms with Crippen LogP contribution in [0, 0.1) is 11.8 Å². The number of fused-ring (bicyclic) bond motifs is 1. The van der Waals surface area contributed by atoms with Crippen molar-refractivity contribution < 1.29 is 28.8 Å². The summed E-state index contributed by atoms with van der Waals surface area (Å²) >= 11 is 0. The van der Waals surface area contributed by atoms with Crippen molar-refractivity contribution in [3.8, 4) is 11.5 Å². The molecule has 1 fully saturated rings. The summed E-state index contributed by atoms with van der Waals surface area (Å²) in [7, 11) is 3.21. The number of nitrogens with zero attached hydrogens (tertiary/aromatic N) is 3. The Morgan fingerprint density at radius 3 is 2.12 bits per heavy atom. The van der Waals surface area contributed by atoms with Crippen LogP contribution < -0.4 is 26.1 Å². The number of H-pyrrole nitrogens is 1. The number of benzene rings is 3. The maximum absolute atomic E-state index is 13.1. The van der Waals surface area contributed by atoms with Crippen LogP contribution in [-0.4, -0.2) is 70.1 Å². The van der Waals surface area contributed by atoms with E-state index in [0.29, 0.717) is 11.5 Å². The first-order valence-electron chi connectivity index (χ1n) is 16.0. The lowest BCUT2D eigenvalue weighted by atomic mass is 9.79. The van der Waals surface area contributed by atoms with Gasteiger partial charge in [-0.05, 0) is 41.0 Å². The highest BCUT2D eigenvalue weighted by molar-refractivity contribution is 5.91. The topological polar surface area (TPSA) is 176 Å². The lowest BCUT2D eigenvalue weighted by Crippen LogP contribution is -2.43. The Hall–Kier alpha value is -5.08. The molecule has 4 atom stereocenters. The zero-order valence-electron chi connectivity index (χ0n) is 27.7. The molecule has 0 saturated carbocycles. The third-order valence-corrected chi connectivity index (χ3v) is 8.90. The van der Waals surface area contributed by atoms with Crippen LogP contribution in [-0.2, 0) is 19.9 Å². The number of amides is 1. The zero-order chi connectivity index (χ0) is 34.7. The number of imidazole rings is 1. The fourth-order valence-electron chi connectivity index (χ4n) is 6.27. The van der Waals surface area contributed by atoms with Crippen molar-refractivity contribution in [1.29, 1.82) is 0 Å². The predicted octanol–water partition coefficient (Wildman–Crippen LogP) is 3.57. The molecule has 1 amide bonds. The molecule has 49 heavy (non-hydrogen) atoms. The van der Waals surface area contributed by atoms with Gasteiger partial charge in [0.15, 0.2) is 17.4 Å². The van der Waals surface area contributed by atoms with Crippen molar-refractivity contribution in [3.05, 3.63) is 112 Å². The van der Waals surface area contributed by atoms with Crippen LogP contribution in [0.15, 0.2) is 90.0 Å². The quantitative estimate of drug-likeness (QED) is 0.144. The Bertz CT molecular complexity index is 1900. The average Bonchev–Trinajstić information content (AvgIpc) is 3.71. The number of aromatic nitrogens is 4. The van der Waals surface area contributed by atoms with Gasteiger partial charge in [0.25, 0.3) is 5.56 Å². The normalized spacial score (nSPS) is 19.3. The second-order valence-electron chi connectivity index (χ2n) is 12.1. The minimum Gasteiger partial charge on any atom is -0.497 e. The third-order valence-electron chi connectivity index (χ3n) is 8.90. The lowest BCUT2D eigenvalue weighted by molar-refractivity contribution is -0.119. The second kappa shape index (κ2) is 14.2. The number of carbonyl (C=O) groups excluding carboxylic acids is 1. The number of methoxy groups -OCH3 is 2. The number of aromatic amines is 1. The van der Waals surface area contributed by atoms with E-state index in [1.54, 1.807) is 32.6 Å². The largest absolute Gasteiger partial charge is 0.497 e. The molecule has 0 unspecified atom stereocenters. The SMILES string of the molecule is COc1ccc(C(O[C@@H]2[C@H](CO)[C@@H](CN)O[C@H]2n2cnc3c(=O)[nH]c(NC(=O)C(C)C)nc32)(c2ccccc2)c2ccc(OC)cc2)cc1. The van der Waals surface area contributed by atoms with E-state index in [0.717, 1.165) is 16.7 Å². The Morgan fingerprint density at radius 1 is 1.00 bits per heavy atom. The van der Waals surface area contributed by atoms with E-state index < -0.39 is 35.5 Å². The van der Waals surface area contributed by atoms with Crippen LogP contribution in [0.3, 0.4) is 0 Å². The number of aliphatic hydroxyl groups excluding tert-OH is 1. The summed E-state index contributed by atoms with van der Waals surface area (Å²) in [5, 5.41) is 13.5. The molecule has 256 valence electrons. The number of nitrogens with two attached hydrogens (primary N) is 1. The van der Waals surface area contributed by atoms with Crippen LogP contribution in [0.5, 0.6) is 11.5 Å². The van der Waals surface area contributed by atoms with Gasteiger partial charge in [-0.3, -0.25) is 24.5 Å². The molecule has 3 aromatic carbocycles. The average molecular weight is 669 g/mol. The van der Waals surface area contributed by atoms with E-state index in [1.165, 1.54) is 6.33 Å². The van der Waals surface area contributed by atoms with Gasteiger partial charge < -0.3 is 29.8 Å². The van der Waals surface area contributed by atoms with Gasteiger partial charge in [0, 0.05) is 18.4 Å². The summed E-state index contributed by atoms with van der Waals surface area (Å²) in [4.78, 5) is 37.1. The van der Waals surface area contributed by atoms with Crippen molar-refractivity contribution in [3.63, 3.8) is 0 Å². The highest BCUT2D eigenvalue weighted by atomic mass is 16.6. The van der Waals surface area contributed by atoms with Gasteiger partial charge in [-0.2, -0.15) is 4.98 Å². The molecule has 0 radical (unpaired) electrons.